The predicted molar refractivity (Wildman–Crippen MR) is 135 cm³/mol. The van der Waals surface area contributed by atoms with Gasteiger partial charge in [-0.05, 0) is 31.2 Å². The number of nitrogens with one attached hydrogen (secondary N) is 1. The van der Waals surface area contributed by atoms with Crippen molar-refractivity contribution in [3.63, 3.8) is 0 Å². The lowest BCUT2D eigenvalue weighted by Gasteiger charge is -2.49. The van der Waals surface area contributed by atoms with Crippen LogP contribution in [-0.2, 0) is 5.75 Å². The maximum absolute atomic E-state index is 12.2. The standard InChI is InChI=1S/C25H35N2O2PS/c1-16(2)26-22-10-8-7-9-21(22)24(5,6)25(26)12-11-18-13-20(27(28)30)14-19(23(18)29-25)15-31-17(3)4/h7-14,16-17,21-22,27H,15,30H2,1-6H3. The molecule has 1 aromatic carbocycles. The van der Waals surface area contributed by atoms with Crippen LogP contribution in [0.5, 0.6) is 5.75 Å². The van der Waals surface area contributed by atoms with Gasteiger partial charge in [-0.1, -0.05) is 52.0 Å². The van der Waals surface area contributed by atoms with Gasteiger partial charge in [0.2, 0.25) is 0 Å². The van der Waals surface area contributed by atoms with Gasteiger partial charge >= 0.3 is 0 Å². The average molecular weight is 459 g/mol. The van der Waals surface area contributed by atoms with Crippen molar-refractivity contribution < 1.29 is 9.57 Å². The van der Waals surface area contributed by atoms with Crippen molar-refractivity contribution in [2.75, 3.05) is 0 Å². The smallest absolute Gasteiger partial charge is 0.189 e. The third-order valence-electron chi connectivity index (χ3n) is 6.92. The van der Waals surface area contributed by atoms with E-state index >= 15 is 0 Å². The van der Waals surface area contributed by atoms with Crippen LogP contribution in [0.25, 0.3) is 6.08 Å². The molecule has 2 aliphatic heterocycles. The summed E-state index contributed by atoms with van der Waals surface area (Å²) in [6.45, 7) is 13.6. The Morgan fingerprint density at radius 3 is 2.55 bits per heavy atom. The second-order valence-electron chi connectivity index (χ2n) is 9.92. The van der Waals surface area contributed by atoms with Crippen LogP contribution in [0.15, 0.2) is 42.5 Å². The molecule has 4 nitrogen and oxygen atoms in total. The fourth-order valence-electron chi connectivity index (χ4n) is 5.39. The Balaban J connectivity index is 1.85. The molecule has 4 rings (SSSR count). The predicted octanol–water partition coefficient (Wildman–Crippen LogP) is 5.10. The number of rotatable bonds is 5. The lowest BCUT2D eigenvalue weighted by atomic mass is 9.70. The van der Waals surface area contributed by atoms with Gasteiger partial charge in [0, 0.05) is 52.4 Å². The fourth-order valence-corrected chi connectivity index (χ4v) is 6.29. The number of ether oxygens (including phenoxy) is 1. The molecule has 0 aromatic heterocycles. The van der Waals surface area contributed by atoms with E-state index in [1.54, 1.807) is 0 Å². The Bertz CT molecular complexity index is 938. The molecule has 1 aliphatic carbocycles. The van der Waals surface area contributed by atoms with Crippen molar-refractivity contribution >= 4 is 32.9 Å². The van der Waals surface area contributed by atoms with E-state index < -0.39 is 5.72 Å². The number of fused-ring (bicyclic) bond motifs is 2. The minimum atomic E-state index is -0.549. The molecule has 0 bridgehead atoms. The molecule has 6 heteroatoms. The summed E-state index contributed by atoms with van der Waals surface area (Å²) >= 11 is 1.88. The number of likely N-dealkylation sites (tertiary alicyclic amines) is 1. The maximum Gasteiger partial charge on any atom is 0.189 e. The molecule has 1 saturated heterocycles. The van der Waals surface area contributed by atoms with E-state index in [0.717, 1.165) is 28.3 Å². The molecule has 1 spiro atoms. The van der Waals surface area contributed by atoms with Gasteiger partial charge in [0.1, 0.15) is 11.4 Å². The topological polar surface area (TPSA) is 40.0 Å². The summed E-state index contributed by atoms with van der Waals surface area (Å²) < 4.78 is 7.10. The fraction of sp³-hybridized carbons (Fsp3) is 0.520. The third kappa shape index (κ3) is 3.73. The van der Waals surface area contributed by atoms with Gasteiger partial charge in [0.15, 0.2) is 5.72 Å². The number of benzene rings is 1. The molecule has 1 aromatic rings. The summed E-state index contributed by atoms with van der Waals surface area (Å²) in [6, 6.07) is 4.60. The first kappa shape index (κ1) is 23.1. The summed E-state index contributed by atoms with van der Waals surface area (Å²) in [5, 5.41) is 12.7. The van der Waals surface area contributed by atoms with E-state index in [1.807, 2.05) is 23.9 Å². The zero-order valence-electron chi connectivity index (χ0n) is 19.4. The highest BCUT2D eigenvalue weighted by atomic mass is 32.2. The first-order chi connectivity index (χ1) is 14.6. The van der Waals surface area contributed by atoms with E-state index in [-0.39, 0.29) is 10.2 Å². The van der Waals surface area contributed by atoms with Gasteiger partial charge in [-0.25, -0.2) is 0 Å². The highest BCUT2D eigenvalue weighted by Gasteiger charge is 2.64. The van der Waals surface area contributed by atoms with Crippen LogP contribution < -0.4 is 9.57 Å². The molecule has 5 unspecified atom stereocenters. The van der Waals surface area contributed by atoms with Crippen LogP contribution in [0.3, 0.4) is 0 Å². The molecule has 3 aliphatic rings. The van der Waals surface area contributed by atoms with Crippen LogP contribution in [0, 0.1) is 16.5 Å². The Hall–Kier alpha value is -1.10. The Labute approximate surface area is 193 Å². The highest BCUT2D eigenvalue weighted by molar-refractivity contribution is 7.99. The van der Waals surface area contributed by atoms with Gasteiger partial charge < -0.3 is 14.8 Å². The average Bonchev–Trinajstić information content (AvgIpc) is 2.89. The minimum absolute atomic E-state index is 0.0126. The quantitative estimate of drug-likeness (QED) is 0.493. The monoisotopic (exact) mass is 458 g/mol. The zero-order valence-corrected chi connectivity index (χ0v) is 21.4. The number of hydrogen-bond acceptors (Lipinski definition) is 4. The molecular formula is C25H35N2O2PS. The minimum Gasteiger partial charge on any atom is -0.628 e. The van der Waals surface area contributed by atoms with Crippen LogP contribution >= 0.6 is 21.2 Å². The molecule has 2 heterocycles. The molecule has 1 N–H and O–H groups in total. The Morgan fingerprint density at radius 2 is 1.90 bits per heavy atom. The van der Waals surface area contributed by atoms with Crippen LogP contribution in [0.1, 0.15) is 52.7 Å². The van der Waals surface area contributed by atoms with Crippen LogP contribution in [0.2, 0.25) is 0 Å². The van der Waals surface area contributed by atoms with E-state index in [0.29, 0.717) is 23.3 Å². The first-order valence-electron chi connectivity index (χ1n) is 11.2. The lowest BCUT2D eigenvalue weighted by Crippen LogP contribution is -2.90. The van der Waals surface area contributed by atoms with E-state index in [4.69, 9.17) is 4.74 Å². The first-order valence-corrected chi connectivity index (χ1v) is 12.8. The van der Waals surface area contributed by atoms with Crippen molar-refractivity contribution in [1.29, 1.82) is 0 Å². The molecule has 5 atom stereocenters. The van der Waals surface area contributed by atoms with Gasteiger partial charge in [-0.3, -0.25) is 4.90 Å². The van der Waals surface area contributed by atoms with Crippen molar-refractivity contribution in [2.45, 2.75) is 70.4 Å². The summed E-state index contributed by atoms with van der Waals surface area (Å²) in [6.07, 6.45) is 13.4. The summed E-state index contributed by atoms with van der Waals surface area (Å²) in [4.78, 5) is 2.55. The normalized spacial score (nSPS) is 29.5. The van der Waals surface area contributed by atoms with Crippen molar-refractivity contribution in [2.24, 2.45) is 11.3 Å². The summed E-state index contributed by atoms with van der Waals surface area (Å²) in [5.41, 5.74) is 2.14. The van der Waals surface area contributed by atoms with E-state index in [2.05, 4.69) is 92.3 Å². The van der Waals surface area contributed by atoms with Gasteiger partial charge in [-0.15, -0.1) is 0 Å². The SMILES string of the molecule is CC(C)SCc1cc([NH+]([O-])P)cc2c1OC1(C=C2)N(C(C)C)C2C=CC=CC2C1(C)C. The Kier molecular flexibility index (Phi) is 6.22. The number of allylic oxidation sites excluding steroid dienone is 2. The molecule has 0 amide bonds. The molecule has 168 valence electrons. The molecule has 31 heavy (non-hydrogen) atoms. The lowest BCUT2D eigenvalue weighted by molar-refractivity contribution is -0.615. The highest BCUT2D eigenvalue weighted by Crippen LogP contribution is 2.58. The van der Waals surface area contributed by atoms with Gasteiger partial charge in [-0.2, -0.15) is 11.8 Å². The number of thioether (sulfide) groups is 1. The Morgan fingerprint density at radius 1 is 1.19 bits per heavy atom. The van der Waals surface area contributed by atoms with Crippen LogP contribution in [-0.4, -0.2) is 28.0 Å². The largest absolute Gasteiger partial charge is 0.628 e. The molecular weight excluding hydrogens is 423 g/mol. The second kappa shape index (κ2) is 8.35. The van der Waals surface area contributed by atoms with E-state index in [1.165, 1.54) is 0 Å². The summed E-state index contributed by atoms with van der Waals surface area (Å²) in [7, 11) is 2.31. The molecule has 1 fully saturated rings. The zero-order chi connectivity index (χ0) is 22.6. The number of hydrogen-bond donors (Lipinski definition) is 1. The number of nitrogens with zero attached hydrogens (tertiary/aromatic N) is 1. The van der Waals surface area contributed by atoms with Gasteiger partial charge in [0.25, 0.3) is 0 Å². The second-order valence-corrected chi connectivity index (χ2v) is 12.0. The molecule has 0 saturated carbocycles. The van der Waals surface area contributed by atoms with Crippen LogP contribution in [0.4, 0.5) is 5.69 Å². The third-order valence-corrected chi connectivity index (χ3v) is 8.40. The maximum atomic E-state index is 12.2. The summed E-state index contributed by atoms with van der Waals surface area (Å²) in [5.74, 6) is 2.12. The number of quaternary nitrogens is 1. The van der Waals surface area contributed by atoms with Crippen molar-refractivity contribution in [1.82, 2.24) is 4.90 Å². The van der Waals surface area contributed by atoms with Gasteiger partial charge in [0.05, 0.1) is 9.39 Å². The van der Waals surface area contributed by atoms with Crippen molar-refractivity contribution in [3.05, 3.63) is 58.8 Å². The van der Waals surface area contributed by atoms with Crippen molar-refractivity contribution in [3.8, 4) is 5.75 Å². The van der Waals surface area contributed by atoms with E-state index in [9.17, 15) is 5.21 Å². The molecule has 0 radical (unpaired) electrons.